The minimum absolute atomic E-state index is 0.0314. The average Bonchev–Trinajstić information content (AvgIpc) is 2.61. The lowest BCUT2D eigenvalue weighted by molar-refractivity contribution is -0.137. The van der Waals surface area contributed by atoms with Gasteiger partial charge in [-0.05, 0) is 55.2 Å². The highest BCUT2D eigenvalue weighted by molar-refractivity contribution is 7.89. The Balaban J connectivity index is 1.90. The molecule has 0 atom stereocenters. The number of phenols is 1. The number of alkyl halides is 3. The number of nitrogens with zero attached hydrogens (tertiary/aromatic N) is 1. The number of rotatable bonds is 8. The fourth-order valence-electron chi connectivity index (χ4n) is 2.53. The fraction of sp³-hybridized carbons (Fsp3) is 0.389. The molecule has 6 nitrogen and oxygen atoms in total. The molecule has 0 aliphatic heterocycles. The highest BCUT2D eigenvalue weighted by Gasteiger charge is 2.31. The Kier molecular flexibility index (Phi) is 6.89. The molecule has 1 aromatic carbocycles. The van der Waals surface area contributed by atoms with Crippen LogP contribution < -0.4 is 9.46 Å². The van der Waals surface area contributed by atoms with Gasteiger partial charge in [0.25, 0.3) is 10.0 Å². The van der Waals surface area contributed by atoms with Crippen LogP contribution in [0.4, 0.5) is 13.2 Å². The van der Waals surface area contributed by atoms with E-state index in [1.807, 2.05) is 6.92 Å². The number of ether oxygens (including phenoxy) is 1. The summed E-state index contributed by atoms with van der Waals surface area (Å²) in [5.41, 5.74) is 0.592. The van der Waals surface area contributed by atoms with Gasteiger partial charge in [0.1, 0.15) is 11.5 Å². The van der Waals surface area contributed by atoms with Gasteiger partial charge in [-0.25, -0.2) is 18.1 Å². The van der Waals surface area contributed by atoms with Crippen molar-refractivity contribution in [2.24, 2.45) is 0 Å². The number of halogens is 3. The zero-order valence-corrected chi connectivity index (χ0v) is 16.2. The number of aromatic nitrogens is 1. The molecule has 0 saturated heterocycles. The van der Waals surface area contributed by atoms with E-state index in [1.165, 1.54) is 0 Å². The van der Waals surface area contributed by atoms with Gasteiger partial charge in [-0.2, -0.15) is 13.2 Å². The number of sulfonamides is 1. The van der Waals surface area contributed by atoms with E-state index in [2.05, 4.69) is 9.71 Å². The van der Waals surface area contributed by atoms with Crippen LogP contribution in [0.1, 0.15) is 30.0 Å². The molecule has 0 unspecified atom stereocenters. The van der Waals surface area contributed by atoms with Gasteiger partial charge < -0.3 is 9.84 Å². The first-order valence-corrected chi connectivity index (χ1v) is 10.0. The Morgan fingerprint density at radius 2 is 1.96 bits per heavy atom. The maximum absolute atomic E-state index is 12.5. The van der Waals surface area contributed by atoms with Gasteiger partial charge in [0, 0.05) is 12.7 Å². The lowest BCUT2D eigenvalue weighted by Crippen LogP contribution is -2.26. The summed E-state index contributed by atoms with van der Waals surface area (Å²) < 4.78 is 69.7. The third-order valence-corrected chi connectivity index (χ3v) is 5.29. The number of aromatic hydroxyl groups is 1. The van der Waals surface area contributed by atoms with Crippen molar-refractivity contribution in [2.75, 3.05) is 13.2 Å². The first kappa shape index (κ1) is 22.0. The first-order chi connectivity index (χ1) is 13.0. The number of phenolic OH excluding ortho intramolecular Hbond substituents is 1. The van der Waals surface area contributed by atoms with Crippen molar-refractivity contribution in [1.82, 2.24) is 9.71 Å². The van der Waals surface area contributed by atoms with Crippen LogP contribution in [-0.2, 0) is 22.6 Å². The Labute approximate surface area is 161 Å². The normalized spacial score (nSPS) is 12.2. The second kappa shape index (κ2) is 8.78. The average molecular weight is 418 g/mol. The number of pyridine rings is 1. The van der Waals surface area contributed by atoms with E-state index in [4.69, 9.17) is 4.74 Å². The number of hydrogen-bond acceptors (Lipinski definition) is 5. The van der Waals surface area contributed by atoms with E-state index in [9.17, 15) is 26.7 Å². The molecule has 0 fully saturated rings. The van der Waals surface area contributed by atoms with Crippen molar-refractivity contribution in [2.45, 2.75) is 37.9 Å². The van der Waals surface area contributed by atoms with Gasteiger partial charge in [-0.15, -0.1) is 0 Å². The second-order valence-corrected chi connectivity index (χ2v) is 7.80. The molecule has 0 amide bonds. The molecule has 154 valence electrons. The molecule has 1 aromatic heterocycles. The van der Waals surface area contributed by atoms with Crippen molar-refractivity contribution in [3.8, 4) is 11.5 Å². The summed E-state index contributed by atoms with van der Waals surface area (Å²) in [6, 6.07) is 4.67. The summed E-state index contributed by atoms with van der Waals surface area (Å²) >= 11 is 0. The maximum atomic E-state index is 12.5. The molecule has 0 spiro atoms. The highest BCUT2D eigenvalue weighted by Crippen LogP contribution is 2.29. The van der Waals surface area contributed by atoms with Crippen LogP contribution in [-0.4, -0.2) is 31.7 Å². The van der Waals surface area contributed by atoms with Gasteiger partial charge in [-0.1, -0.05) is 6.92 Å². The monoisotopic (exact) mass is 418 g/mol. The topological polar surface area (TPSA) is 88.5 Å². The number of hydrogen-bond donors (Lipinski definition) is 2. The molecule has 28 heavy (non-hydrogen) atoms. The van der Waals surface area contributed by atoms with Gasteiger partial charge in [0.05, 0.1) is 12.2 Å². The van der Waals surface area contributed by atoms with Crippen LogP contribution in [0.2, 0.25) is 0 Å². The van der Waals surface area contributed by atoms with Crippen LogP contribution in [0.5, 0.6) is 11.5 Å². The molecule has 0 aliphatic rings. The lowest BCUT2D eigenvalue weighted by atomic mass is 10.1. The van der Waals surface area contributed by atoms with Crippen LogP contribution in [0, 0.1) is 6.92 Å². The van der Waals surface area contributed by atoms with Gasteiger partial charge in [0.15, 0.2) is 5.03 Å². The Hall–Kier alpha value is -2.33. The minimum Gasteiger partial charge on any atom is -0.508 e. The Bertz CT molecular complexity index is 914. The van der Waals surface area contributed by atoms with Crippen molar-refractivity contribution < 1.29 is 31.4 Å². The molecule has 2 rings (SSSR count). The smallest absolute Gasteiger partial charge is 0.417 e. The number of benzene rings is 1. The third kappa shape index (κ3) is 5.59. The third-order valence-electron chi connectivity index (χ3n) is 3.92. The molecular formula is C18H21F3N2O4S. The van der Waals surface area contributed by atoms with Crippen molar-refractivity contribution in [3.63, 3.8) is 0 Å². The Morgan fingerprint density at radius 3 is 2.54 bits per heavy atom. The quantitative estimate of drug-likeness (QED) is 0.642. The van der Waals surface area contributed by atoms with Crippen LogP contribution in [0.3, 0.4) is 0 Å². The molecule has 2 N–H and O–H groups in total. The minimum atomic E-state index is -4.58. The summed E-state index contributed by atoms with van der Waals surface area (Å²) in [7, 11) is -4.01. The lowest BCUT2D eigenvalue weighted by Gasteiger charge is -2.14. The highest BCUT2D eigenvalue weighted by atomic mass is 32.2. The Morgan fingerprint density at radius 1 is 1.25 bits per heavy atom. The van der Waals surface area contributed by atoms with E-state index >= 15 is 0 Å². The maximum Gasteiger partial charge on any atom is 0.417 e. The molecule has 0 aliphatic carbocycles. The molecule has 10 heteroatoms. The van der Waals surface area contributed by atoms with E-state index in [0.717, 1.165) is 17.2 Å². The summed E-state index contributed by atoms with van der Waals surface area (Å²) in [4.78, 5) is 3.38. The summed E-state index contributed by atoms with van der Waals surface area (Å²) in [5, 5.41) is 9.14. The predicted octanol–water partition coefficient (Wildman–Crippen LogP) is 3.42. The number of nitrogens with one attached hydrogen (secondary N) is 1. The zero-order valence-electron chi connectivity index (χ0n) is 15.4. The predicted molar refractivity (Wildman–Crippen MR) is 96.8 cm³/mol. The second-order valence-electron chi connectivity index (χ2n) is 6.09. The van der Waals surface area contributed by atoms with Crippen molar-refractivity contribution in [1.29, 1.82) is 0 Å². The first-order valence-electron chi connectivity index (χ1n) is 8.53. The standard InChI is InChI=1S/C18H21F3N2O4S/c1-3-13-10-15(24)9-12(2)17(13)27-8-4-7-23-28(25,26)16-6-5-14(11-22-16)18(19,20)21/h5-6,9-11,23-24H,3-4,7-8H2,1-2H3. The molecule has 0 bridgehead atoms. The molecule has 2 aromatic rings. The van der Waals surface area contributed by atoms with Gasteiger partial charge in [0.2, 0.25) is 0 Å². The zero-order chi connectivity index (χ0) is 20.9. The summed E-state index contributed by atoms with van der Waals surface area (Å²) in [6.07, 6.45) is -3.10. The van der Waals surface area contributed by atoms with Crippen molar-refractivity contribution >= 4 is 10.0 Å². The number of aryl methyl sites for hydroxylation is 2. The van der Waals surface area contributed by atoms with Crippen LogP contribution >= 0.6 is 0 Å². The molecular weight excluding hydrogens is 397 g/mol. The van der Waals surface area contributed by atoms with Crippen LogP contribution in [0.15, 0.2) is 35.5 Å². The van der Waals surface area contributed by atoms with E-state index in [0.29, 0.717) is 30.9 Å². The van der Waals surface area contributed by atoms with Gasteiger partial charge >= 0.3 is 6.18 Å². The SMILES string of the molecule is CCc1cc(O)cc(C)c1OCCCNS(=O)(=O)c1ccc(C(F)(F)F)cn1. The molecule has 1 heterocycles. The fourth-order valence-corrected chi connectivity index (χ4v) is 3.53. The van der Waals surface area contributed by atoms with Gasteiger partial charge in [-0.3, -0.25) is 0 Å². The van der Waals surface area contributed by atoms with E-state index in [-0.39, 0.29) is 18.9 Å². The van der Waals surface area contributed by atoms with Crippen LogP contribution in [0.25, 0.3) is 0 Å². The largest absolute Gasteiger partial charge is 0.508 e. The molecule has 0 radical (unpaired) electrons. The van der Waals surface area contributed by atoms with E-state index < -0.39 is 26.8 Å². The van der Waals surface area contributed by atoms with Crippen molar-refractivity contribution in [3.05, 3.63) is 47.2 Å². The van der Waals surface area contributed by atoms with E-state index in [1.54, 1.807) is 19.1 Å². The molecule has 0 saturated carbocycles. The summed E-state index contributed by atoms with van der Waals surface area (Å²) in [6.45, 7) is 3.98. The summed E-state index contributed by atoms with van der Waals surface area (Å²) in [5.74, 6) is 0.797.